The number of hydrogen-bond acceptors (Lipinski definition) is 2. The fourth-order valence-electron chi connectivity index (χ4n) is 3.70. The van der Waals surface area contributed by atoms with Gasteiger partial charge in [0.05, 0.1) is 0 Å². The zero-order valence-electron chi connectivity index (χ0n) is 20.7. The van der Waals surface area contributed by atoms with Crippen molar-refractivity contribution in [3.8, 4) is 0 Å². The van der Waals surface area contributed by atoms with Gasteiger partial charge in [-0.1, -0.05) is 74.0 Å². The summed E-state index contributed by atoms with van der Waals surface area (Å²) in [7, 11) is 0. The minimum Gasteiger partial charge on any atom is -0.289 e. The maximum absolute atomic E-state index is 13.3. The third-order valence-electron chi connectivity index (χ3n) is 5.41. The van der Waals surface area contributed by atoms with Crippen molar-refractivity contribution >= 4 is 11.6 Å². The van der Waals surface area contributed by atoms with Gasteiger partial charge in [0.15, 0.2) is 11.6 Å². The molecule has 0 atom stereocenters. The molecule has 0 radical (unpaired) electrons. The van der Waals surface area contributed by atoms with Crippen molar-refractivity contribution in [1.29, 1.82) is 0 Å². The fraction of sp³-hybridized carbons (Fsp3) is 0.500. The Labute approximate surface area is 183 Å². The fourth-order valence-corrected chi connectivity index (χ4v) is 3.70. The number of carbonyl (C=O) groups is 2. The summed E-state index contributed by atoms with van der Waals surface area (Å²) >= 11 is 0. The van der Waals surface area contributed by atoms with Gasteiger partial charge in [-0.25, -0.2) is 0 Å². The quantitative estimate of drug-likeness (QED) is 0.459. The van der Waals surface area contributed by atoms with Crippen LogP contribution in [0.25, 0.3) is 0 Å². The van der Waals surface area contributed by atoms with Gasteiger partial charge in [0.1, 0.15) is 0 Å². The predicted molar refractivity (Wildman–Crippen MR) is 127 cm³/mol. The summed E-state index contributed by atoms with van der Waals surface area (Å²) in [5.74, 6) is 0.208. The maximum Gasteiger partial charge on any atom is 0.189 e. The largest absolute Gasteiger partial charge is 0.289 e. The molecule has 0 aromatic carbocycles. The SMILES string of the molecule is CC(C)=CC1=CC(=C2C=C(C(C)(C)C)C(=O)C(C(C)(C)C)=C2)C=C(C(C)(C)C)C1=O. The van der Waals surface area contributed by atoms with Gasteiger partial charge in [0.2, 0.25) is 0 Å². The predicted octanol–water partition coefficient (Wildman–Crippen LogP) is 7.26. The van der Waals surface area contributed by atoms with E-state index in [1.807, 2.05) is 44.2 Å². The van der Waals surface area contributed by atoms with Crippen LogP contribution < -0.4 is 0 Å². The van der Waals surface area contributed by atoms with Crippen molar-refractivity contribution in [2.24, 2.45) is 16.2 Å². The second-order valence-corrected chi connectivity index (χ2v) is 11.8. The Bertz CT molecular complexity index is 923. The lowest BCUT2D eigenvalue weighted by Gasteiger charge is -2.32. The van der Waals surface area contributed by atoms with E-state index in [-0.39, 0.29) is 27.8 Å². The first kappa shape index (κ1) is 24.1. The molecule has 2 rings (SSSR count). The van der Waals surface area contributed by atoms with Crippen molar-refractivity contribution in [3.05, 3.63) is 69.4 Å². The summed E-state index contributed by atoms with van der Waals surface area (Å²) in [6, 6.07) is 0. The first-order chi connectivity index (χ1) is 13.4. The molecule has 2 aliphatic rings. The minimum atomic E-state index is -0.268. The van der Waals surface area contributed by atoms with E-state index in [0.717, 1.165) is 33.4 Å². The molecule has 0 saturated heterocycles. The number of carbonyl (C=O) groups excluding carboxylic acids is 2. The van der Waals surface area contributed by atoms with Gasteiger partial charge in [0.25, 0.3) is 0 Å². The molecule has 0 N–H and O–H groups in total. The lowest BCUT2D eigenvalue weighted by atomic mass is 9.70. The smallest absolute Gasteiger partial charge is 0.189 e. The molecule has 2 aliphatic carbocycles. The van der Waals surface area contributed by atoms with Crippen LogP contribution >= 0.6 is 0 Å². The molecule has 0 aliphatic heterocycles. The van der Waals surface area contributed by atoms with Crippen molar-refractivity contribution in [1.82, 2.24) is 0 Å². The van der Waals surface area contributed by atoms with E-state index in [2.05, 4.69) is 62.3 Å². The Morgan fingerprint density at radius 1 is 0.600 bits per heavy atom. The van der Waals surface area contributed by atoms with E-state index >= 15 is 0 Å². The van der Waals surface area contributed by atoms with Crippen LogP contribution in [0.5, 0.6) is 0 Å². The van der Waals surface area contributed by atoms with Crippen LogP contribution in [-0.4, -0.2) is 11.6 Å². The highest BCUT2D eigenvalue weighted by Crippen LogP contribution is 2.41. The summed E-state index contributed by atoms with van der Waals surface area (Å²) in [5.41, 5.74) is 5.42. The Balaban J connectivity index is 2.90. The first-order valence-corrected chi connectivity index (χ1v) is 10.8. The van der Waals surface area contributed by atoms with E-state index in [9.17, 15) is 9.59 Å². The minimum absolute atomic E-state index is 0.0833. The molecule has 30 heavy (non-hydrogen) atoms. The number of Topliss-reactive ketones (excluding diaryl/α,β-unsaturated/α-hetero) is 2. The summed E-state index contributed by atoms with van der Waals surface area (Å²) in [5, 5.41) is 0. The molecule has 0 amide bonds. The van der Waals surface area contributed by atoms with Crippen LogP contribution in [-0.2, 0) is 9.59 Å². The average Bonchev–Trinajstić information content (AvgIpc) is 2.53. The standard InChI is InChI=1S/C28H38O2/c1-17(2)12-20-13-18(14-21(24(20)29)26(3,4)5)19-15-22(27(6,7)8)25(30)23(16-19)28(9,10)11/h12-16H,1-11H3. The van der Waals surface area contributed by atoms with Crippen molar-refractivity contribution in [2.75, 3.05) is 0 Å². The molecule has 0 saturated carbocycles. The highest BCUT2D eigenvalue weighted by atomic mass is 16.1. The highest BCUT2D eigenvalue weighted by Gasteiger charge is 2.35. The molecule has 2 nitrogen and oxygen atoms in total. The van der Waals surface area contributed by atoms with E-state index < -0.39 is 0 Å². The molecule has 0 aromatic rings. The van der Waals surface area contributed by atoms with Gasteiger partial charge >= 0.3 is 0 Å². The average molecular weight is 407 g/mol. The van der Waals surface area contributed by atoms with E-state index in [4.69, 9.17) is 0 Å². The molecule has 0 spiro atoms. The van der Waals surface area contributed by atoms with Crippen LogP contribution in [0.15, 0.2) is 69.4 Å². The lowest BCUT2D eigenvalue weighted by molar-refractivity contribution is -0.114. The lowest BCUT2D eigenvalue weighted by Crippen LogP contribution is -2.28. The number of ketones is 2. The third-order valence-corrected chi connectivity index (χ3v) is 5.41. The van der Waals surface area contributed by atoms with Crippen molar-refractivity contribution in [2.45, 2.75) is 76.2 Å². The van der Waals surface area contributed by atoms with Crippen molar-refractivity contribution < 1.29 is 9.59 Å². The molecule has 0 fully saturated rings. The Morgan fingerprint density at radius 3 is 1.27 bits per heavy atom. The van der Waals surface area contributed by atoms with Gasteiger partial charge in [0, 0.05) is 22.3 Å². The van der Waals surface area contributed by atoms with E-state index in [0.29, 0.717) is 5.57 Å². The summed E-state index contributed by atoms with van der Waals surface area (Å²) in [6.07, 6.45) is 10.00. The monoisotopic (exact) mass is 406 g/mol. The Morgan fingerprint density at radius 2 is 0.933 bits per heavy atom. The summed E-state index contributed by atoms with van der Waals surface area (Å²) in [4.78, 5) is 26.4. The zero-order valence-corrected chi connectivity index (χ0v) is 20.7. The van der Waals surface area contributed by atoms with Gasteiger partial charge in [-0.2, -0.15) is 0 Å². The topological polar surface area (TPSA) is 34.1 Å². The van der Waals surface area contributed by atoms with Gasteiger partial charge in [-0.15, -0.1) is 0 Å². The number of hydrogen-bond donors (Lipinski definition) is 0. The van der Waals surface area contributed by atoms with Crippen LogP contribution in [0.2, 0.25) is 0 Å². The molecule has 0 aromatic heterocycles. The Kier molecular flexibility index (Phi) is 6.25. The maximum atomic E-state index is 13.3. The number of allylic oxidation sites excluding steroid dienone is 12. The van der Waals surface area contributed by atoms with Crippen LogP contribution in [0.3, 0.4) is 0 Å². The molecule has 0 unspecified atom stereocenters. The van der Waals surface area contributed by atoms with Crippen molar-refractivity contribution in [3.63, 3.8) is 0 Å². The molecule has 0 heterocycles. The normalized spacial score (nSPS) is 18.6. The molecular formula is C28H38O2. The van der Waals surface area contributed by atoms with E-state index in [1.54, 1.807) is 0 Å². The van der Waals surface area contributed by atoms with Gasteiger partial charge < -0.3 is 0 Å². The molecular weight excluding hydrogens is 368 g/mol. The van der Waals surface area contributed by atoms with Gasteiger partial charge in [-0.05, 0) is 65.5 Å². The molecule has 162 valence electrons. The molecule has 0 bridgehead atoms. The first-order valence-electron chi connectivity index (χ1n) is 10.8. The second-order valence-electron chi connectivity index (χ2n) is 11.8. The summed E-state index contributed by atoms with van der Waals surface area (Å²) < 4.78 is 0. The zero-order chi connectivity index (χ0) is 23.2. The van der Waals surface area contributed by atoms with Gasteiger partial charge in [-0.3, -0.25) is 9.59 Å². The summed E-state index contributed by atoms with van der Waals surface area (Å²) in [6.45, 7) is 22.7. The van der Waals surface area contributed by atoms with Crippen LogP contribution in [0.1, 0.15) is 76.2 Å². The van der Waals surface area contributed by atoms with E-state index in [1.165, 1.54) is 0 Å². The second kappa shape index (κ2) is 7.80. The molecule has 2 heteroatoms. The number of rotatable bonds is 1. The Hall–Kier alpha value is -2.22. The van der Waals surface area contributed by atoms with Crippen LogP contribution in [0.4, 0.5) is 0 Å². The van der Waals surface area contributed by atoms with Crippen LogP contribution in [0, 0.1) is 16.2 Å². The highest BCUT2D eigenvalue weighted by molar-refractivity contribution is 6.14. The third kappa shape index (κ3) is 5.09.